The molecular formula is C19H22N6O3. The van der Waals surface area contributed by atoms with Crippen molar-refractivity contribution in [2.45, 2.75) is 26.7 Å². The van der Waals surface area contributed by atoms with E-state index in [1.165, 1.54) is 11.1 Å². The van der Waals surface area contributed by atoms with Crippen LogP contribution in [0.2, 0.25) is 0 Å². The molecule has 28 heavy (non-hydrogen) atoms. The first-order valence-corrected chi connectivity index (χ1v) is 8.84. The van der Waals surface area contributed by atoms with E-state index in [0.717, 1.165) is 5.69 Å². The summed E-state index contributed by atoms with van der Waals surface area (Å²) in [5, 5.41) is 10.7. The molecule has 0 spiro atoms. The van der Waals surface area contributed by atoms with Gasteiger partial charge in [-0.3, -0.25) is 9.59 Å². The van der Waals surface area contributed by atoms with Crippen molar-refractivity contribution < 1.29 is 14.1 Å². The normalized spacial score (nSPS) is 10.9. The second-order valence-corrected chi connectivity index (χ2v) is 6.73. The second kappa shape index (κ2) is 8.03. The number of hydrogen-bond acceptors (Lipinski definition) is 6. The molecule has 9 nitrogen and oxygen atoms in total. The molecule has 2 amide bonds. The summed E-state index contributed by atoms with van der Waals surface area (Å²) in [4.78, 5) is 30.8. The Morgan fingerprint density at radius 2 is 2.11 bits per heavy atom. The third-order valence-corrected chi connectivity index (χ3v) is 4.07. The number of nitrogens with zero attached hydrogens (tertiary/aromatic N) is 5. The summed E-state index contributed by atoms with van der Waals surface area (Å²) in [5.74, 6) is 0.901. The van der Waals surface area contributed by atoms with Crippen LogP contribution in [0.3, 0.4) is 0 Å². The van der Waals surface area contributed by atoms with Gasteiger partial charge in [0.15, 0.2) is 11.6 Å². The van der Waals surface area contributed by atoms with Gasteiger partial charge in [-0.1, -0.05) is 25.1 Å². The zero-order chi connectivity index (χ0) is 20.3. The van der Waals surface area contributed by atoms with Crippen LogP contribution < -0.4 is 5.32 Å². The van der Waals surface area contributed by atoms with Crippen molar-refractivity contribution in [1.82, 2.24) is 24.8 Å². The SMILES string of the molecule is Cc1cc(NC(=O)CN(C)C(=O)c2cnn(-c3ccccn3)c2C(C)C)no1. The van der Waals surface area contributed by atoms with E-state index in [1.54, 1.807) is 30.9 Å². The first-order chi connectivity index (χ1) is 13.4. The lowest BCUT2D eigenvalue weighted by atomic mass is 10.0. The quantitative estimate of drug-likeness (QED) is 0.702. The van der Waals surface area contributed by atoms with Gasteiger partial charge in [-0.25, -0.2) is 9.67 Å². The third-order valence-electron chi connectivity index (χ3n) is 4.07. The Balaban J connectivity index is 1.78. The van der Waals surface area contributed by atoms with Crippen molar-refractivity contribution in [2.24, 2.45) is 0 Å². The van der Waals surface area contributed by atoms with Crippen molar-refractivity contribution >= 4 is 17.6 Å². The molecule has 0 bridgehead atoms. The second-order valence-electron chi connectivity index (χ2n) is 6.73. The van der Waals surface area contributed by atoms with Crippen molar-refractivity contribution in [2.75, 3.05) is 18.9 Å². The van der Waals surface area contributed by atoms with Crippen LogP contribution in [-0.2, 0) is 4.79 Å². The summed E-state index contributed by atoms with van der Waals surface area (Å²) in [6.45, 7) is 5.56. The van der Waals surface area contributed by atoms with E-state index in [4.69, 9.17) is 4.52 Å². The number of carbonyl (C=O) groups is 2. The van der Waals surface area contributed by atoms with Crippen molar-refractivity contribution in [3.05, 3.63) is 53.7 Å². The summed E-state index contributed by atoms with van der Waals surface area (Å²) in [6.07, 6.45) is 3.19. The van der Waals surface area contributed by atoms with E-state index in [2.05, 4.69) is 20.6 Å². The topological polar surface area (TPSA) is 106 Å². The minimum absolute atomic E-state index is 0.0313. The monoisotopic (exact) mass is 382 g/mol. The fourth-order valence-corrected chi connectivity index (χ4v) is 2.84. The Bertz CT molecular complexity index is 977. The number of nitrogens with one attached hydrogen (secondary N) is 1. The van der Waals surface area contributed by atoms with Gasteiger partial charge in [0, 0.05) is 19.3 Å². The average molecular weight is 382 g/mol. The fourth-order valence-electron chi connectivity index (χ4n) is 2.84. The van der Waals surface area contributed by atoms with Crippen LogP contribution in [-0.4, -0.2) is 50.2 Å². The van der Waals surface area contributed by atoms with Gasteiger partial charge in [0.05, 0.1) is 24.0 Å². The number of pyridine rings is 1. The van der Waals surface area contributed by atoms with E-state index in [1.807, 2.05) is 32.0 Å². The molecule has 3 rings (SSSR count). The average Bonchev–Trinajstić information content (AvgIpc) is 3.28. The zero-order valence-electron chi connectivity index (χ0n) is 16.2. The predicted molar refractivity (Wildman–Crippen MR) is 102 cm³/mol. The molecule has 0 aromatic carbocycles. The smallest absolute Gasteiger partial charge is 0.257 e. The number of anilines is 1. The molecule has 0 fully saturated rings. The summed E-state index contributed by atoms with van der Waals surface area (Å²) in [7, 11) is 1.57. The highest BCUT2D eigenvalue weighted by atomic mass is 16.5. The molecule has 3 heterocycles. The Hall–Kier alpha value is -3.49. The van der Waals surface area contributed by atoms with Crippen LogP contribution in [0.15, 0.2) is 41.2 Å². The van der Waals surface area contributed by atoms with Gasteiger partial charge in [0.2, 0.25) is 5.91 Å². The highest BCUT2D eigenvalue weighted by Gasteiger charge is 2.24. The van der Waals surface area contributed by atoms with Gasteiger partial charge in [-0.15, -0.1) is 0 Å². The Kier molecular flexibility index (Phi) is 5.53. The molecule has 3 aromatic heterocycles. The first-order valence-electron chi connectivity index (χ1n) is 8.84. The molecule has 0 saturated heterocycles. The van der Waals surface area contributed by atoms with Crippen LogP contribution >= 0.6 is 0 Å². The molecule has 0 radical (unpaired) electrons. The zero-order valence-corrected chi connectivity index (χ0v) is 16.2. The van der Waals surface area contributed by atoms with E-state index in [0.29, 0.717) is 23.0 Å². The lowest BCUT2D eigenvalue weighted by Gasteiger charge is -2.18. The minimum Gasteiger partial charge on any atom is -0.360 e. The number of hydrogen-bond donors (Lipinski definition) is 1. The number of amides is 2. The van der Waals surface area contributed by atoms with Gasteiger partial charge >= 0.3 is 0 Å². The number of aromatic nitrogens is 4. The summed E-state index contributed by atoms with van der Waals surface area (Å²) in [6, 6.07) is 7.10. The van der Waals surface area contributed by atoms with Crippen LogP contribution in [0.5, 0.6) is 0 Å². The fraction of sp³-hybridized carbons (Fsp3) is 0.316. The summed E-state index contributed by atoms with van der Waals surface area (Å²) < 4.78 is 6.57. The van der Waals surface area contributed by atoms with Crippen LogP contribution in [0.4, 0.5) is 5.82 Å². The highest BCUT2D eigenvalue weighted by molar-refractivity contribution is 5.99. The largest absolute Gasteiger partial charge is 0.360 e. The minimum atomic E-state index is -0.368. The highest BCUT2D eigenvalue weighted by Crippen LogP contribution is 2.23. The maximum Gasteiger partial charge on any atom is 0.257 e. The molecule has 0 saturated carbocycles. The number of aryl methyl sites for hydroxylation is 1. The molecule has 1 N–H and O–H groups in total. The van der Waals surface area contributed by atoms with Gasteiger partial charge in [-0.2, -0.15) is 5.10 Å². The van der Waals surface area contributed by atoms with E-state index < -0.39 is 0 Å². The van der Waals surface area contributed by atoms with E-state index in [-0.39, 0.29) is 24.3 Å². The molecule has 3 aromatic rings. The molecule has 0 aliphatic heterocycles. The van der Waals surface area contributed by atoms with Crippen LogP contribution in [0, 0.1) is 6.92 Å². The lowest BCUT2D eigenvalue weighted by molar-refractivity contribution is -0.116. The first kappa shape index (κ1) is 19.3. The molecule has 0 atom stereocenters. The molecular weight excluding hydrogens is 360 g/mol. The Labute approximate surface area is 162 Å². The molecule has 9 heteroatoms. The number of rotatable bonds is 6. The lowest BCUT2D eigenvalue weighted by Crippen LogP contribution is -2.35. The molecule has 0 aliphatic rings. The van der Waals surface area contributed by atoms with Gasteiger partial charge in [0.25, 0.3) is 5.91 Å². The maximum absolute atomic E-state index is 12.9. The molecule has 0 unspecified atom stereocenters. The number of carbonyl (C=O) groups excluding carboxylic acids is 2. The van der Waals surface area contributed by atoms with Crippen molar-refractivity contribution in [3.8, 4) is 5.82 Å². The van der Waals surface area contributed by atoms with E-state index in [9.17, 15) is 9.59 Å². The standard InChI is InChI=1S/C19H22N6O3/c1-12(2)18-14(10-21-25(18)16-7-5-6-8-20-16)19(27)24(4)11-17(26)22-15-9-13(3)28-23-15/h5-10,12H,11H2,1-4H3,(H,22,23,26). The third kappa shape index (κ3) is 4.08. The summed E-state index contributed by atoms with van der Waals surface area (Å²) in [5.41, 5.74) is 1.18. The maximum atomic E-state index is 12.9. The van der Waals surface area contributed by atoms with Crippen molar-refractivity contribution in [3.63, 3.8) is 0 Å². The van der Waals surface area contributed by atoms with Crippen molar-refractivity contribution in [1.29, 1.82) is 0 Å². The van der Waals surface area contributed by atoms with Gasteiger partial charge < -0.3 is 14.7 Å². The Morgan fingerprint density at radius 3 is 2.71 bits per heavy atom. The molecule has 0 aliphatic carbocycles. The predicted octanol–water partition coefficient (Wildman–Crippen LogP) is 2.40. The van der Waals surface area contributed by atoms with Gasteiger partial charge in [-0.05, 0) is 25.0 Å². The molecule has 146 valence electrons. The number of likely N-dealkylation sites (N-methyl/N-ethyl adjacent to an activating group) is 1. The van der Waals surface area contributed by atoms with Crippen LogP contribution in [0.1, 0.15) is 41.6 Å². The summed E-state index contributed by atoms with van der Waals surface area (Å²) >= 11 is 0. The van der Waals surface area contributed by atoms with E-state index >= 15 is 0 Å². The van der Waals surface area contributed by atoms with Gasteiger partial charge in [0.1, 0.15) is 5.76 Å². The Morgan fingerprint density at radius 1 is 1.32 bits per heavy atom. The van der Waals surface area contributed by atoms with Crippen LogP contribution in [0.25, 0.3) is 5.82 Å².